The van der Waals surface area contributed by atoms with Gasteiger partial charge in [0.15, 0.2) is 5.58 Å². The number of aliphatic carboxylic acids is 1. The van der Waals surface area contributed by atoms with E-state index in [9.17, 15) is 4.79 Å². The number of nitrogens with one attached hydrogen (secondary N) is 1. The van der Waals surface area contributed by atoms with Crippen molar-refractivity contribution in [1.82, 2.24) is 4.98 Å². The molecule has 21 heavy (non-hydrogen) atoms. The third kappa shape index (κ3) is 3.02. The number of aromatic nitrogens is 1. The lowest BCUT2D eigenvalue weighted by Gasteiger charge is -2.00. The summed E-state index contributed by atoms with van der Waals surface area (Å²) in [4.78, 5) is 15.0. The van der Waals surface area contributed by atoms with Crippen LogP contribution in [-0.2, 0) is 11.2 Å². The van der Waals surface area contributed by atoms with E-state index in [1.165, 1.54) is 5.56 Å². The van der Waals surface area contributed by atoms with Gasteiger partial charge in [-0.05, 0) is 36.8 Å². The fourth-order valence-electron chi connectivity index (χ4n) is 2.07. The van der Waals surface area contributed by atoms with Crippen LogP contribution in [0, 0.1) is 6.92 Å². The second kappa shape index (κ2) is 5.28. The lowest BCUT2D eigenvalue weighted by Crippen LogP contribution is -1.99. The molecule has 0 aliphatic heterocycles. The fourth-order valence-corrected chi connectivity index (χ4v) is 2.07. The maximum Gasteiger partial charge on any atom is 0.307 e. The molecular formula is C16H14N2O3. The summed E-state index contributed by atoms with van der Waals surface area (Å²) < 4.78 is 5.61. The van der Waals surface area contributed by atoms with Crippen molar-refractivity contribution in [3.63, 3.8) is 0 Å². The van der Waals surface area contributed by atoms with Gasteiger partial charge in [-0.15, -0.1) is 0 Å². The highest BCUT2D eigenvalue weighted by Gasteiger charge is 2.08. The molecule has 0 aliphatic carbocycles. The van der Waals surface area contributed by atoms with Crippen molar-refractivity contribution in [1.29, 1.82) is 0 Å². The molecule has 5 nitrogen and oxygen atoms in total. The van der Waals surface area contributed by atoms with Gasteiger partial charge in [-0.25, -0.2) is 0 Å². The van der Waals surface area contributed by atoms with Gasteiger partial charge in [0.25, 0.3) is 6.01 Å². The smallest absolute Gasteiger partial charge is 0.307 e. The Hall–Kier alpha value is -2.82. The molecule has 106 valence electrons. The van der Waals surface area contributed by atoms with Crippen LogP contribution in [0.3, 0.4) is 0 Å². The third-order valence-corrected chi connectivity index (χ3v) is 3.11. The van der Waals surface area contributed by atoms with Crippen LogP contribution in [0.1, 0.15) is 11.1 Å². The molecular weight excluding hydrogens is 268 g/mol. The lowest BCUT2D eigenvalue weighted by molar-refractivity contribution is -0.136. The Kier molecular flexibility index (Phi) is 3.31. The Balaban J connectivity index is 1.86. The predicted molar refractivity (Wildman–Crippen MR) is 79.8 cm³/mol. The van der Waals surface area contributed by atoms with Gasteiger partial charge in [-0.2, -0.15) is 4.98 Å². The Labute approximate surface area is 121 Å². The molecule has 0 spiro atoms. The van der Waals surface area contributed by atoms with Gasteiger partial charge in [0.2, 0.25) is 0 Å². The maximum absolute atomic E-state index is 10.7. The number of fused-ring (bicyclic) bond motifs is 1. The number of carboxylic acid groups (broad SMARTS) is 1. The number of aryl methyl sites for hydroxylation is 1. The van der Waals surface area contributed by atoms with Gasteiger partial charge >= 0.3 is 5.97 Å². The van der Waals surface area contributed by atoms with Crippen LogP contribution in [0.5, 0.6) is 0 Å². The van der Waals surface area contributed by atoms with Crippen LogP contribution < -0.4 is 5.32 Å². The molecule has 1 aromatic heterocycles. The monoisotopic (exact) mass is 282 g/mol. The quantitative estimate of drug-likeness (QED) is 0.766. The molecule has 0 bridgehead atoms. The van der Waals surface area contributed by atoms with Crippen LogP contribution >= 0.6 is 0 Å². The van der Waals surface area contributed by atoms with Crippen LogP contribution in [0.15, 0.2) is 46.9 Å². The second-order valence-electron chi connectivity index (χ2n) is 4.88. The zero-order valence-electron chi connectivity index (χ0n) is 11.5. The predicted octanol–water partition coefficient (Wildman–Crippen LogP) is 3.51. The average Bonchev–Trinajstić information content (AvgIpc) is 2.82. The molecule has 0 fully saturated rings. The number of carboxylic acids is 1. The minimum absolute atomic E-state index is 0.0304. The standard InChI is InChI=1S/C16H14N2O3/c1-10-2-5-12(6-3-10)17-16-18-13-7-4-11(9-15(19)20)8-14(13)21-16/h2-8H,9H2,1H3,(H,17,18)(H,19,20). The lowest BCUT2D eigenvalue weighted by atomic mass is 10.1. The first-order valence-electron chi connectivity index (χ1n) is 6.55. The molecule has 0 radical (unpaired) electrons. The van der Waals surface area contributed by atoms with E-state index in [0.29, 0.717) is 22.7 Å². The molecule has 5 heteroatoms. The van der Waals surface area contributed by atoms with Crippen molar-refractivity contribution < 1.29 is 14.3 Å². The number of carbonyl (C=O) groups is 1. The summed E-state index contributed by atoms with van der Waals surface area (Å²) in [7, 11) is 0. The molecule has 0 unspecified atom stereocenters. The average molecular weight is 282 g/mol. The zero-order valence-corrected chi connectivity index (χ0v) is 11.5. The van der Waals surface area contributed by atoms with Crippen molar-refractivity contribution in [2.24, 2.45) is 0 Å². The topological polar surface area (TPSA) is 75.4 Å². The van der Waals surface area contributed by atoms with Crippen molar-refractivity contribution in [3.8, 4) is 0 Å². The highest BCUT2D eigenvalue weighted by atomic mass is 16.4. The maximum atomic E-state index is 10.7. The van der Waals surface area contributed by atoms with Gasteiger partial charge in [-0.1, -0.05) is 23.8 Å². The Morgan fingerprint density at radius 2 is 2.00 bits per heavy atom. The van der Waals surface area contributed by atoms with Crippen LogP contribution in [-0.4, -0.2) is 16.1 Å². The van der Waals surface area contributed by atoms with Crippen molar-refractivity contribution in [2.75, 3.05) is 5.32 Å². The largest absolute Gasteiger partial charge is 0.481 e. The highest BCUT2D eigenvalue weighted by Crippen LogP contribution is 2.23. The van der Waals surface area contributed by atoms with Crippen LogP contribution in [0.2, 0.25) is 0 Å². The number of hydrogen-bond acceptors (Lipinski definition) is 4. The third-order valence-electron chi connectivity index (χ3n) is 3.11. The number of nitrogens with zero attached hydrogens (tertiary/aromatic N) is 1. The molecule has 0 amide bonds. The summed E-state index contributed by atoms with van der Waals surface area (Å²) in [5, 5.41) is 11.9. The van der Waals surface area contributed by atoms with Gasteiger partial charge in [0.1, 0.15) is 5.52 Å². The molecule has 2 N–H and O–H groups in total. The second-order valence-corrected chi connectivity index (χ2v) is 4.88. The first-order valence-corrected chi connectivity index (χ1v) is 6.55. The summed E-state index contributed by atoms with van der Waals surface area (Å²) in [6.45, 7) is 2.02. The van der Waals surface area contributed by atoms with E-state index in [0.717, 1.165) is 5.69 Å². The van der Waals surface area contributed by atoms with Gasteiger partial charge in [-0.3, -0.25) is 4.79 Å². The van der Waals surface area contributed by atoms with Crippen molar-refractivity contribution in [2.45, 2.75) is 13.3 Å². The molecule has 3 rings (SSSR count). The molecule has 1 heterocycles. The molecule has 0 saturated heterocycles. The number of anilines is 2. The van der Waals surface area contributed by atoms with E-state index >= 15 is 0 Å². The summed E-state index contributed by atoms with van der Waals surface area (Å²) >= 11 is 0. The number of benzene rings is 2. The first-order chi connectivity index (χ1) is 10.1. The SMILES string of the molecule is Cc1ccc(Nc2nc3ccc(CC(=O)O)cc3o2)cc1. The first kappa shape index (κ1) is 13.2. The molecule has 0 atom stereocenters. The number of rotatable bonds is 4. The van der Waals surface area contributed by atoms with Crippen LogP contribution in [0.4, 0.5) is 11.7 Å². The van der Waals surface area contributed by atoms with Gasteiger partial charge in [0, 0.05) is 5.69 Å². The van der Waals surface area contributed by atoms with E-state index in [1.807, 2.05) is 31.2 Å². The molecule has 3 aromatic rings. The summed E-state index contributed by atoms with van der Waals surface area (Å²) in [6.07, 6.45) is -0.0304. The minimum atomic E-state index is -0.869. The Morgan fingerprint density at radius 3 is 2.71 bits per heavy atom. The Bertz CT molecular complexity index is 791. The molecule has 0 aliphatic rings. The van der Waals surface area contributed by atoms with E-state index in [2.05, 4.69) is 10.3 Å². The van der Waals surface area contributed by atoms with E-state index in [4.69, 9.17) is 9.52 Å². The van der Waals surface area contributed by atoms with E-state index in [-0.39, 0.29) is 6.42 Å². The van der Waals surface area contributed by atoms with E-state index < -0.39 is 5.97 Å². The number of hydrogen-bond donors (Lipinski definition) is 2. The fraction of sp³-hybridized carbons (Fsp3) is 0.125. The Morgan fingerprint density at radius 1 is 1.24 bits per heavy atom. The highest BCUT2D eigenvalue weighted by molar-refractivity contribution is 5.78. The molecule has 2 aromatic carbocycles. The summed E-state index contributed by atoms with van der Waals surface area (Å²) in [5.74, 6) is -0.869. The normalized spacial score (nSPS) is 10.7. The number of oxazole rings is 1. The van der Waals surface area contributed by atoms with Gasteiger partial charge in [0.05, 0.1) is 6.42 Å². The van der Waals surface area contributed by atoms with E-state index in [1.54, 1.807) is 18.2 Å². The van der Waals surface area contributed by atoms with Gasteiger partial charge < -0.3 is 14.8 Å². The minimum Gasteiger partial charge on any atom is -0.481 e. The molecule has 0 saturated carbocycles. The van der Waals surface area contributed by atoms with Crippen molar-refractivity contribution >= 4 is 28.8 Å². The summed E-state index contributed by atoms with van der Waals surface area (Å²) in [5.41, 5.74) is 4.02. The van der Waals surface area contributed by atoms with Crippen LogP contribution in [0.25, 0.3) is 11.1 Å². The van der Waals surface area contributed by atoms with Crippen molar-refractivity contribution in [3.05, 3.63) is 53.6 Å². The zero-order chi connectivity index (χ0) is 14.8. The summed E-state index contributed by atoms with van der Waals surface area (Å²) in [6, 6.07) is 13.5.